The van der Waals surface area contributed by atoms with Crippen molar-refractivity contribution in [2.45, 2.75) is 25.3 Å². The molecule has 0 aromatic heterocycles. The van der Waals surface area contributed by atoms with E-state index in [-0.39, 0.29) is 11.4 Å². The molecule has 0 unspecified atom stereocenters. The van der Waals surface area contributed by atoms with Crippen LogP contribution in [0.15, 0.2) is 47.4 Å². The van der Waals surface area contributed by atoms with Gasteiger partial charge < -0.3 is 4.90 Å². The summed E-state index contributed by atoms with van der Waals surface area (Å²) in [4.78, 5) is 2.13. The zero-order chi connectivity index (χ0) is 17.9. The maximum Gasteiger partial charge on any atom is 0.243 e. The molecule has 0 spiro atoms. The van der Waals surface area contributed by atoms with E-state index >= 15 is 0 Å². The third-order valence-corrected chi connectivity index (χ3v) is 6.00. The molecule has 2 aromatic rings. The molecule has 0 aliphatic rings. The molecule has 0 aliphatic heterocycles. The van der Waals surface area contributed by atoms with Crippen LogP contribution in [0.3, 0.4) is 0 Å². The molecule has 130 valence electrons. The Kier molecular flexibility index (Phi) is 5.62. The Morgan fingerprint density at radius 1 is 1.04 bits per heavy atom. The number of rotatable bonds is 6. The Bertz CT molecular complexity index is 802. The second-order valence-corrected chi connectivity index (χ2v) is 7.81. The molecule has 0 saturated carbocycles. The number of aryl methyl sites for hydroxylation is 1. The van der Waals surface area contributed by atoms with Crippen molar-refractivity contribution in [3.8, 4) is 0 Å². The molecule has 6 heteroatoms. The fourth-order valence-corrected chi connectivity index (χ4v) is 4.15. The van der Waals surface area contributed by atoms with Crippen LogP contribution in [0, 0.1) is 12.7 Å². The van der Waals surface area contributed by atoms with E-state index in [0.29, 0.717) is 12.1 Å². The first-order chi connectivity index (χ1) is 11.3. The zero-order valence-corrected chi connectivity index (χ0v) is 15.3. The summed E-state index contributed by atoms with van der Waals surface area (Å²) in [6, 6.07) is 11.5. The summed E-state index contributed by atoms with van der Waals surface area (Å²) in [5.41, 5.74) is 2.38. The number of anilines is 1. The van der Waals surface area contributed by atoms with Gasteiger partial charge in [0.05, 0.1) is 4.90 Å². The lowest BCUT2D eigenvalue weighted by Crippen LogP contribution is -2.31. The smallest absolute Gasteiger partial charge is 0.243 e. The summed E-state index contributed by atoms with van der Waals surface area (Å²) in [5.74, 6) is -0.436. The number of nitrogens with zero attached hydrogens (tertiary/aromatic N) is 2. The fourth-order valence-electron chi connectivity index (χ4n) is 2.51. The molecule has 0 radical (unpaired) electrons. The number of sulfonamides is 1. The van der Waals surface area contributed by atoms with Crippen LogP contribution in [0.2, 0.25) is 0 Å². The summed E-state index contributed by atoms with van der Waals surface area (Å²) in [6.45, 7) is 4.03. The van der Waals surface area contributed by atoms with Gasteiger partial charge in [0.15, 0.2) is 0 Å². The average molecular weight is 350 g/mol. The molecular weight excluding hydrogens is 327 g/mol. The van der Waals surface area contributed by atoms with Gasteiger partial charge in [0, 0.05) is 32.9 Å². The minimum atomic E-state index is -3.67. The Hall–Kier alpha value is -1.92. The highest BCUT2D eigenvalue weighted by molar-refractivity contribution is 7.89. The molecule has 24 heavy (non-hydrogen) atoms. The van der Waals surface area contributed by atoms with Crippen molar-refractivity contribution in [2.24, 2.45) is 0 Å². The second kappa shape index (κ2) is 7.32. The standard InChI is InChI=1S/C18H23FN2O2S/c1-5-21(13-15-6-9-17(10-7-15)20(3)4)24(22,23)18-11-8-16(19)12-14(18)2/h6-12H,5,13H2,1-4H3. The molecule has 0 saturated heterocycles. The number of hydrogen-bond donors (Lipinski definition) is 0. The van der Waals surface area contributed by atoms with Crippen LogP contribution in [-0.2, 0) is 16.6 Å². The quantitative estimate of drug-likeness (QED) is 0.802. The van der Waals surface area contributed by atoms with Crippen LogP contribution < -0.4 is 4.90 Å². The van der Waals surface area contributed by atoms with Gasteiger partial charge in [0.1, 0.15) is 5.82 Å². The predicted molar refractivity (Wildman–Crippen MR) is 95.2 cm³/mol. The summed E-state index contributed by atoms with van der Waals surface area (Å²) in [6.07, 6.45) is 0. The maximum atomic E-state index is 13.3. The minimum Gasteiger partial charge on any atom is -0.378 e. The van der Waals surface area contributed by atoms with Crippen LogP contribution in [-0.4, -0.2) is 33.4 Å². The first-order valence-corrected chi connectivity index (χ1v) is 9.22. The number of benzene rings is 2. The Morgan fingerprint density at radius 3 is 2.17 bits per heavy atom. The van der Waals surface area contributed by atoms with Gasteiger partial charge in [-0.05, 0) is 48.4 Å². The Labute approximate surface area is 143 Å². The Morgan fingerprint density at radius 2 is 1.67 bits per heavy atom. The van der Waals surface area contributed by atoms with E-state index in [1.807, 2.05) is 43.3 Å². The normalized spacial score (nSPS) is 11.8. The molecule has 0 heterocycles. The summed E-state index contributed by atoms with van der Waals surface area (Å²) < 4.78 is 40.4. The molecule has 0 fully saturated rings. The predicted octanol–water partition coefficient (Wildman–Crippen LogP) is 3.41. The average Bonchev–Trinajstić information content (AvgIpc) is 2.52. The molecule has 2 aromatic carbocycles. The van der Waals surface area contributed by atoms with Gasteiger partial charge in [-0.3, -0.25) is 0 Å². The molecule has 0 atom stereocenters. The molecule has 0 bridgehead atoms. The van der Waals surface area contributed by atoms with E-state index in [2.05, 4.69) is 0 Å². The first-order valence-electron chi connectivity index (χ1n) is 7.78. The highest BCUT2D eigenvalue weighted by atomic mass is 32.2. The monoisotopic (exact) mass is 350 g/mol. The lowest BCUT2D eigenvalue weighted by Gasteiger charge is -2.22. The second-order valence-electron chi connectivity index (χ2n) is 5.90. The van der Waals surface area contributed by atoms with Crippen LogP contribution >= 0.6 is 0 Å². The number of halogens is 1. The highest BCUT2D eigenvalue weighted by Crippen LogP contribution is 2.23. The van der Waals surface area contributed by atoms with E-state index in [1.54, 1.807) is 13.8 Å². The maximum absolute atomic E-state index is 13.3. The van der Waals surface area contributed by atoms with E-state index in [0.717, 1.165) is 11.3 Å². The summed E-state index contributed by atoms with van der Waals surface area (Å²) >= 11 is 0. The topological polar surface area (TPSA) is 40.6 Å². The van der Waals surface area contributed by atoms with Gasteiger partial charge >= 0.3 is 0 Å². The summed E-state index contributed by atoms with van der Waals surface area (Å²) in [5, 5.41) is 0. The highest BCUT2D eigenvalue weighted by Gasteiger charge is 2.25. The van der Waals surface area contributed by atoms with Crippen LogP contribution in [0.5, 0.6) is 0 Å². The van der Waals surface area contributed by atoms with Crippen molar-refractivity contribution in [3.63, 3.8) is 0 Å². The molecule has 0 amide bonds. The van der Waals surface area contributed by atoms with Crippen molar-refractivity contribution in [3.05, 3.63) is 59.4 Å². The molecule has 4 nitrogen and oxygen atoms in total. The van der Waals surface area contributed by atoms with Gasteiger partial charge in [-0.2, -0.15) is 4.31 Å². The van der Waals surface area contributed by atoms with Gasteiger partial charge in [-0.1, -0.05) is 19.1 Å². The van der Waals surface area contributed by atoms with Crippen LogP contribution in [0.25, 0.3) is 0 Å². The van der Waals surface area contributed by atoms with Crippen molar-refractivity contribution >= 4 is 15.7 Å². The van der Waals surface area contributed by atoms with Crippen molar-refractivity contribution in [1.82, 2.24) is 4.31 Å². The molecule has 0 N–H and O–H groups in total. The largest absolute Gasteiger partial charge is 0.378 e. The number of hydrogen-bond acceptors (Lipinski definition) is 3. The van der Waals surface area contributed by atoms with Gasteiger partial charge in [0.2, 0.25) is 10.0 Å². The zero-order valence-electron chi connectivity index (χ0n) is 14.5. The third kappa shape index (κ3) is 3.94. The van der Waals surface area contributed by atoms with Gasteiger partial charge in [0.25, 0.3) is 0 Å². The molecule has 2 rings (SSSR count). The molecular formula is C18H23FN2O2S. The van der Waals surface area contributed by atoms with Gasteiger partial charge in [-0.15, -0.1) is 0 Å². The SMILES string of the molecule is CCN(Cc1ccc(N(C)C)cc1)S(=O)(=O)c1ccc(F)cc1C. The van der Waals surface area contributed by atoms with Crippen molar-refractivity contribution in [2.75, 3.05) is 25.5 Å². The van der Waals surface area contributed by atoms with E-state index in [4.69, 9.17) is 0 Å². The van der Waals surface area contributed by atoms with Crippen LogP contribution in [0.4, 0.5) is 10.1 Å². The lowest BCUT2D eigenvalue weighted by molar-refractivity contribution is 0.423. The Balaban J connectivity index is 2.29. The van der Waals surface area contributed by atoms with Crippen LogP contribution in [0.1, 0.15) is 18.1 Å². The fraction of sp³-hybridized carbons (Fsp3) is 0.333. The minimum absolute atomic E-state index is 0.149. The molecule has 0 aliphatic carbocycles. The van der Waals surface area contributed by atoms with E-state index < -0.39 is 15.8 Å². The van der Waals surface area contributed by atoms with Gasteiger partial charge in [-0.25, -0.2) is 12.8 Å². The first kappa shape index (κ1) is 18.4. The summed E-state index contributed by atoms with van der Waals surface area (Å²) in [7, 11) is 0.240. The third-order valence-electron chi connectivity index (χ3n) is 3.92. The van der Waals surface area contributed by atoms with E-state index in [9.17, 15) is 12.8 Å². The van der Waals surface area contributed by atoms with Crippen molar-refractivity contribution in [1.29, 1.82) is 0 Å². The lowest BCUT2D eigenvalue weighted by atomic mass is 10.2. The van der Waals surface area contributed by atoms with Crippen molar-refractivity contribution < 1.29 is 12.8 Å². The van der Waals surface area contributed by atoms with E-state index in [1.165, 1.54) is 22.5 Å².